The van der Waals surface area contributed by atoms with Crippen LogP contribution in [0.15, 0.2) is 18.2 Å². The maximum atomic E-state index is 8.87. The lowest BCUT2D eigenvalue weighted by atomic mass is 10.0. The predicted octanol–water partition coefficient (Wildman–Crippen LogP) is 2.41. The van der Waals surface area contributed by atoms with Crippen LogP contribution in [-0.4, -0.2) is 36.3 Å². The third-order valence-corrected chi connectivity index (χ3v) is 4.67. The zero-order valence-corrected chi connectivity index (χ0v) is 12.6. The highest BCUT2D eigenvalue weighted by Crippen LogP contribution is 2.38. The quantitative estimate of drug-likeness (QED) is 0.862. The summed E-state index contributed by atoms with van der Waals surface area (Å²) in [5.41, 5.74) is 2.30. The summed E-state index contributed by atoms with van der Waals surface area (Å²) in [7, 11) is 1.70. The molecule has 0 spiro atoms. The first-order chi connectivity index (χ1) is 10.3. The minimum Gasteiger partial charge on any atom is -0.497 e. The molecule has 2 unspecified atom stereocenters. The van der Waals surface area contributed by atoms with E-state index in [1.165, 1.54) is 31.4 Å². The Morgan fingerprint density at radius 2 is 2.29 bits per heavy atom. The number of benzene rings is 1. The van der Waals surface area contributed by atoms with Crippen LogP contribution >= 0.6 is 0 Å². The molecular weight excluding hydrogens is 262 g/mol. The van der Waals surface area contributed by atoms with E-state index in [1.807, 2.05) is 12.1 Å². The van der Waals surface area contributed by atoms with Gasteiger partial charge in [-0.2, -0.15) is 0 Å². The lowest BCUT2D eigenvalue weighted by Gasteiger charge is -2.27. The molecule has 1 saturated carbocycles. The van der Waals surface area contributed by atoms with Gasteiger partial charge in [-0.15, -0.1) is 0 Å². The summed E-state index contributed by atoms with van der Waals surface area (Å²) >= 11 is 0. The van der Waals surface area contributed by atoms with Crippen molar-refractivity contribution in [2.75, 3.05) is 20.3 Å². The molecule has 21 heavy (non-hydrogen) atoms. The SMILES string of the molecule is COc1ccc(C#CCCO)c(CN2CC3CCC2C3)c1. The second-order valence-electron chi connectivity index (χ2n) is 6.06. The minimum absolute atomic E-state index is 0.119. The van der Waals surface area contributed by atoms with Gasteiger partial charge in [0.25, 0.3) is 0 Å². The van der Waals surface area contributed by atoms with Crippen molar-refractivity contribution in [1.29, 1.82) is 0 Å². The number of methoxy groups -OCH3 is 1. The van der Waals surface area contributed by atoms with Crippen molar-refractivity contribution in [1.82, 2.24) is 4.90 Å². The summed E-state index contributed by atoms with van der Waals surface area (Å²) in [4.78, 5) is 2.60. The van der Waals surface area contributed by atoms with Crippen LogP contribution in [0.25, 0.3) is 0 Å². The van der Waals surface area contributed by atoms with Crippen LogP contribution in [-0.2, 0) is 6.54 Å². The molecule has 0 amide bonds. The first kappa shape index (κ1) is 14.4. The Kier molecular flexibility index (Phi) is 4.48. The third kappa shape index (κ3) is 3.23. The monoisotopic (exact) mass is 285 g/mol. The number of likely N-dealkylation sites (tertiary alicyclic amines) is 1. The molecule has 1 saturated heterocycles. The summed E-state index contributed by atoms with van der Waals surface area (Å²) in [6, 6.07) is 6.86. The molecule has 1 aliphatic heterocycles. The smallest absolute Gasteiger partial charge is 0.119 e. The van der Waals surface area contributed by atoms with E-state index in [0.717, 1.165) is 29.8 Å². The number of piperidine rings is 1. The number of hydrogen-bond donors (Lipinski definition) is 1. The molecule has 0 radical (unpaired) electrons. The molecule has 2 fully saturated rings. The Morgan fingerprint density at radius 3 is 2.95 bits per heavy atom. The fraction of sp³-hybridized carbons (Fsp3) is 0.556. The Morgan fingerprint density at radius 1 is 1.38 bits per heavy atom. The van der Waals surface area contributed by atoms with Gasteiger partial charge in [0.2, 0.25) is 0 Å². The maximum absolute atomic E-state index is 8.87. The summed E-state index contributed by atoms with van der Waals surface area (Å²) in [5.74, 6) is 8.02. The lowest BCUT2D eigenvalue weighted by molar-refractivity contribution is 0.205. The van der Waals surface area contributed by atoms with Crippen LogP contribution in [0.1, 0.15) is 36.8 Å². The number of ether oxygens (including phenoxy) is 1. The fourth-order valence-corrected chi connectivity index (χ4v) is 3.60. The second kappa shape index (κ2) is 6.51. The van der Waals surface area contributed by atoms with E-state index in [-0.39, 0.29) is 6.61 Å². The van der Waals surface area contributed by atoms with Gasteiger partial charge in [-0.3, -0.25) is 4.90 Å². The van der Waals surface area contributed by atoms with Gasteiger partial charge in [-0.1, -0.05) is 11.8 Å². The molecule has 3 heteroatoms. The highest BCUT2D eigenvalue weighted by Gasteiger charge is 2.37. The number of fused-ring (bicyclic) bond motifs is 2. The van der Waals surface area contributed by atoms with E-state index in [9.17, 15) is 0 Å². The Labute approximate surface area is 126 Å². The number of aliphatic hydroxyl groups excluding tert-OH is 1. The van der Waals surface area contributed by atoms with Crippen LogP contribution in [0.5, 0.6) is 5.75 Å². The van der Waals surface area contributed by atoms with Crippen molar-refractivity contribution >= 4 is 0 Å². The maximum Gasteiger partial charge on any atom is 0.119 e. The van der Waals surface area contributed by atoms with Crippen molar-refractivity contribution in [2.45, 2.75) is 38.3 Å². The molecule has 0 aromatic heterocycles. The average molecular weight is 285 g/mol. The van der Waals surface area contributed by atoms with E-state index < -0.39 is 0 Å². The Bertz CT molecular complexity index is 558. The van der Waals surface area contributed by atoms with Gasteiger partial charge in [-0.25, -0.2) is 0 Å². The van der Waals surface area contributed by atoms with Crippen LogP contribution in [0.3, 0.4) is 0 Å². The number of rotatable bonds is 4. The fourth-order valence-electron chi connectivity index (χ4n) is 3.60. The second-order valence-corrected chi connectivity index (χ2v) is 6.06. The molecule has 1 aromatic carbocycles. The minimum atomic E-state index is 0.119. The molecule has 2 atom stereocenters. The van der Waals surface area contributed by atoms with Crippen molar-refractivity contribution in [3.8, 4) is 17.6 Å². The largest absolute Gasteiger partial charge is 0.497 e. The summed E-state index contributed by atoms with van der Waals surface area (Å²) in [6.45, 7) is 2.31. The van der Waals surface area contributed by atoms with Gasteiger partial charge >= 0.3 is 0 Å². The molecule has 2 bridgehead atoms. The highest BCUT2D eigenvalue weighted by atomic mass is 16.5. The number of hydrogen-bond acceptors (Lipinski definition) is 3. The Hall–Kier alpha value is -1.50. The summed E-state index contributed by atoms with van der Waals surface area (Å²) < 4.78 is 5.36. The predicted molar refractivity (Wildman–Crippen MR) is 83.1 cm³/mol. The average Bonchev–Trinajstić information content (AvgIpc) is 3.11. The van der Waals surface area contributed by atoms with E-state index in [2.05, 4.69) is 22.8 Å². The van der Waals surface area contributed by atoms with Gasteiger partial charge < -0.3 is 9.84 Å². The van der Waals surface area contributed by atoms with E-state index in [4.69, 9.17) is 9.84 Å². The zero-order valence-electron chi connectivity index (χ0n) is 12.6. The first-order valence-electron chi connectivity index (χ1n) is 7.81. The molecule has 2 aliphatic rings. The topological polar surface area (TPSA) is 32.7 Å². The number of nitrogens with zero attached hydrogens (tertiary/aromatic N) is 1. The van der Waals surface area contributed by atoms with Gasteiger partial charge in [-0.05, 0) is 48.9 Å². The van der Waals surface area contributed by atoms with E-state index in [1.54, 1.807) is 7.11 Å². The van der Waals surface area contributed by atoms with Crippen LogP contribution in [0.4, 0.5) is 0 Å². The van der Waals surface area contributed by atoms with Crippen molar-refractivity contribution < 1.29 is 9.84 Å². The molecule has 1 aromatic rings. The molecule has 1 heterocycles. The normalized spacial score (nSPS) is 23.9. The lowest BCUT2D eigenvalue weighted by Crippen LogP contribution is -2.31. The van der Waals surface area contributed by atoms with Gasteiger partial charge in [0, 0.05) is 31.1 Å². The molecule has 112 valence electrons. The van der Waals surface area contributed by atoms with Gasteiger partial charge in [0.05, 0.1) is 13.7 Å². The van der Waals surface area contributed by atoms with Gasteiger partial charge in [0.1, 0.15) is 5.75 Å². The highest BCUT2D eigenvalue weighted by molar-refractivity contribution is 5.45. The van der Waals surface area contributed by atoms with Crippen molar-refractivity contribution in [2.24, 2.45) is 5.92 Å². The number of aliphatic hydroxyl groups is 1. The van der Waals surface area contributed by atoms with Crippen molar-refractivity contribution in [3.63, 3.8) is 0 Å². The Balaban J connectivity index is 1.79. The zero-order chi connectivity index (χ0) is 14.7. The van der Waals surface area contributed by atoms with Gasteiger partial charge in [0.15, 0.2) is 0 Å². The first-order valence-corrected chi connectivity index (χ1v) is 7.81. The molecule has 3 nitrogen and oxygen atoms in total. The van der Waals surface area contributed by atoms with E-state index >= 15 is 0 Å². The molecule has 1 N–H and O–H groups in total. The van der Waals surface area contributed by atoms with Crippen LogP contribution in [0.2, 0.25) is 0 Å². The molecule has 3 rings (SSSR count). The summed E-state index contributed by atoms with van der Waals surface area (Å²) in [6.07, 6.45) is 4.65. The summed E-state index contributed by atoms with van der Waals surface area (Å²) in [5, 5.41) is 8.87. The third-order valence-electron chi connectivity index (χ3n) is 4.67. The molecule has 1 aliphatic carbocycles. The molecular formula is C18H23NO2. The standard InChI is InChI=1S/C18H23NO2/c1-21-18-8-6-15(4-2-3-9-20)16(11-18)13-19-12-14-5-7-17(19)10-14/h6,8,11,14,17,20H,3,5,7,9-10,12-13H2,1H3. The van der Waals surface area contributed by atoms with E-state index in [0.29, 0.717) is 6.42 Å². The van der Waals surface area contributed by atoms with Crippen LogP contribution < -0.4 is 4.74 Å². The van der Waals surface area contributed by atoms with Crippen molar-refractivity contribution in [3.05, 3.63) is 29.3 Å². The van der Waals surface area contributed by atoms with Crippen LogP contribution in [0, 0.1) is 17.8 Å².